The predicted molar refractivity (Wildman–Crippen MR) is 121 cm³/mol. The number of aliphatic carboxylic acids is 1. The lowest BCUT2D eigenvalue weighted by molar-refractivity contribution is -0.157. The fourth-order valence-electron chi connectivity index (χ4n) is 5.08. The molecule has 1 saturated heterocycles. The number of carboxylic acid groups (broad SMARTS) is 1. The molecule has 2 aromatic heterocycles. The van der Waals surface area contributed by atoms with Crippen LogP contribution in [0.2, 0.25) is 0 Å². The number of carbonyl (C=O) groups is 1. The fourth-order valence-corrected chi connectivity index (χ4v) is 5.08. The van der Waals surface area contributed by atoms with E-state index < -0.39 is 17.4 Å². The predicted octanol–water partition coefficient (Wildman–Crippen LogP) is 5.56. The molecule has 0 aliphatic carbocycles. The number of nitrogens with zero attached hydrogens (tertiary/aromatic N) is 2. The highest BCUT2D eigenvalue weighted by molar-refractivity contribution is 6.00. The number of aromatic amines is 1. The molecule has 2 atom stereocenters. The molecule has 8 heteroatoms. The lowest BCUT2D eigenvalue weighted by Gasteiger charge is -2.19. The Labute approximate surface area is 189 Å². The second kappa shape index (κ2) is 7.38. The Bertz CT molecular complexity index is 1420. The van der Waals surface area contributed by atoms with Crippen LogP contribution in [0.15, 0.2) is 30.5 Å². The largest absolute Gasteiger partial charge is 0.479 e. The standard InChI is InChI=1S/C25H25F2N3O3/c1-12(2)23-19(15-9-25(4,24(31)32)33-11-15)20-18(8-14-10-28-29-22(14)21(20)27)30(23)16-5-6-17(26)13(3)7-16/h5-8,10,12,15H,9,11H2,1-4H3,(H,28,29)(H,31,32)/t15?,25-/m0/s1. The van der Waals surface area contributed by atoms with Gasteiger partial charge in [0, 0.05) is 28.1 Å². The third-order valence-electron chi connectivity index (χ3n) is 6.73. The van der Waals surface area contributed by atoms with Crippen molar-refractivity contribution < 1.29 is 23.4 Å². The molecule has 2 aromatic carbocycles. The third-order valence-corrected chi connectivity index (χ3v) is 6.73. The number of carboxylic acids is 1. The highest BCUT2D eigenvalue weighted by Gasteiger charge is 2.45. The second-order valence-electron chi connectivity index (χ2n) is 9.39. The highest BCUT2D eigenvalue weighted by Crippen LogP contribution is 2.46. The van der Waals surface area contributed by atoms with Gasteiger partial charge in [0.15, 0.2) is 11.4 Å². The Morgan fingerprint density at radius 3 is 2.73 bits per heavy atom. The van der Waals surface area contributed by atoms with Crippen molar-refractivity contribution in [1.82, 2.24) is 14.8 Å². The maximum atomic E-state index is 16.0. The van der Waals surface area contributed by atoms with Crippen LogP contribution in [0.4, 0.5) is 8.78 Å². The molecular weight excluding hydrogens is 428 g/mol. The maximum absolute atomic E-state index is 16.0. The first-order valence-electron chi connectivity index (χ1n) is 11.0. The topological polar surface area (TPSA) is 80.1 Å². The van der Waals surface area contributed by atoms with Crippen LogP contribution >= 0.6 is 0 Å². The van der Waals surface area contributed by atoms with Crippen LogP contribution in [0.5, 0.6) is 0 Å². The van der Waals surface area contributed by atoms with Crippen molar-refractivity contribution in [2.24, 2.45) is 0 Å². The number of H-pyrrole nitrogens is 1. The number of hydrogen-bond donors (Lipinski definition) is 2. The van der Waals surface area contributed by atoms with Gasteiger partial charge in [-0.15, -0.1) is 0 Å². The number of halogens is 2. The van der Waals surface area contributed by atoms with Gasteiger partial charge >= 0.3 is 5.97 Å². The van der Waals surface area contributed by atoms with Crippen LogP contribution in [-0.4, -0.2) is 38.0 Å². The van der Waals surface area contributed by atoms with Crippen LogP contribution in [0.3, 0.4) is 0 Å². The first kappa shape index (κ1) is 21.6. The van der Waals surface area contributed by atoms with Gasteiger partial charge in [-0.3, -0.25) is 5.10 Å². The van der Waals surface area contributed by atoms with E-state index in [0.717, 1.165) is 16.9 Å². The number of aromatic nitrogens is 3. The summed E-state index contributed by atoms with van der Waals surface area (Å²) in [6.45, 7) is 7.45. The minimum Gasteiger partial charge on any atom is -0.479 e. The van der Waals surface area contributed by atoms with Crippen molar-refractivity contribution in [3.05, 3.63) is 58.9 Å². The molecule has 6 nitrogen and oxygen atoms in total. The molecule has 0 amide bonds. The molecule has 0 radical (unpaired) electrons. The quantitative estimate of drug-likeness (QED) is 0.424. The van der Waals surface area contributed by atoms with E-state index in [1.54, 1.807) is 32.2 Å². The Balaban J connectivity index is 1.88. The Hall–Kier alpha value is -3.26. The lowest BCUT2D eigenvalue weighted by Crippen LogP contribution is -2.34. The summed E-state index contributed by atoms with van der Waals surface area (Å²) in [4.78, 5) is 11.8. The van der Waals surface area contributed by atoms with Crippen LogP contribution in [0.1, 0.15) is 55.8 Å². The zero-order valence-electron chi connectivity index (χ0n) is 18.9. The van der Waals surface area contributed by atoms with E-state index >= 15 is 4.39 Å². The van der Waals surface area contributed by atoms with E-state index in [4.69, 9.17) is 4.74 Å². The fraction of sp³-hybridized carbons (Fsp3) is 0.360. The summed E-state index contributed by atoms with van der Waals surface area (Å²) in [6, 6.07) is 6.71. The van der Waals surface area contributed by atoms with Crippen LogP contribution in [0, 0.1) is 18.6 Å². The van der Waals surface area contributed by atoms with Crippen molar-refractivity contribution in [2.75, 3.05) is 6.61 Å². The molecule has 172 valence electrons. The smallest absolute Gasteiger partial charge is 0.335 e. The first-order valence-corrected chi connectivity index (χ1v) is 11.0. The average molecular weight is 453 g/mol. The van der Waals surface area contributed by atoms with Gasteiger partial charge in [-0.1, -0.05) is 13.8 Å². The third kappa shape index (κ3) is 3.15. The van der Waals surface area contributed by atoms with E-state index in [9.17, 15) is 14.3 Å². The average Bonchev–Trinajstić information content (AvgIpc) is 3.46. The van der Waals surface area contributed by atoms with Gasteiger partial charge in [-0.25, -0.2) is 13.6 Å². The van der Waals surface area contributed by atoms with Crippen molar-refractivity contribution in [1.29, 1.82) is 0 Å². The van der Waals surface area contributed by atoms with Gasteiger partial charge in [0.25, 0.3) is 0 Å². The molecule has 1 unspecified atom stereocenters. The van der Waals surface area contributed by atoms with Gasteiger partial charge in [-0.05, 0) is 61.6 Å². The monoisotopic (exact) mass is 453 g/mol. The van der Waals surface area contributed by atoms with Crippen LogP contribution in [0.25, 0.3) is 27.5 Å². The molecule has 1 aliphatic rings. The summed E-state index contributed by atoms with van der Waals surface area (Å²) in [5.74, 6) is -2.12. The number of benzene rings is 2. The summed E-state index contributed by atoms with van der Waals surface area (Å²) in [5.41, 5.74) is 2.39. The molecule has 0 bridgehead atoms. The SMILES string of the molecule is Cc1cc(-n2c(C(C)C)c(C3CO[C@](C)(C(=O)O)C3)c3c(F)c4[nH]ncc4cc32)ccc1F. The molecule has 4 aromatic rings. The number of fused-ring (bicyclic) bond motifs is 2. The molecule has 0 saturated carbocycles. The van der Waals surface area contributed by atoms with Gasteiger partial charge < -0.3 is 14.4 Å². The molecule has 2 N–H and O–H groups in total. The minimum atomic E-state index is -1.34. The van der Waals surface area contributed by atoms with Gasteiger partial charge in [0.05, 0.1) is 18.3 Å². The number of aryl methyl sites for hydroxylation is 1. The second-order valence-corrected chi connectivity index (χ2v) is 9.39. The highest BCUT2D eigenvalue weighted by atomic mass is 19.1. The Morgan fingerprint density at radius 1 is 1.33 bits per heavy atom. The van der Waals surface area contributed by atoms with Gasteiger partial charge in [-0.2, -0.15) is 5.10 Å². The Kier molecular flexibility index (Phi) is 4.83. The number of ether oxygens (including phenoxy) is 1. The zero-order valence-corrected chi connectivity index (χ0v) is 18.9. The van der Waals surface area contributed by atoms with E-state index in [2.05, 4.69) is 10.2 Å². The summed E-state index contributed by atoms with van der Waals surface area (Å²) >= 11 is 0. The minimum absolute atomic E-state index is 0.0229. The van der Waals surface area contributed by atoms with E-state index in [0.29, 0.717) is 27.4 Å². The van der Waals surface area contributed by atoms with Crippen molar-refractivity contribution in [2.45, 2.75) is 51.6 Å². The molecule has 3 heterocycles. The molecule has 33 heavy (non-hydrogen) atoms. The number of hydrogen-bond acceptors (Lipinski definition) is 3. The molecular formula is C25H25F2N3O3. The maximum Gasteiger partial charge on any atom is 0.335 e. The molecule has 0 spiro atoms. The van der Waals surface area contributed by atoms with Crippen molar-refractivity contribution >= 4 is 27.8 Å². The summed E-state index contributed by atoms with van der Waals surface area (Å²) in [5, 5.41) is 17.5. The van der Waals surface area contributed by atoms with Crippen molar-refractivity contribution in [3.8, 4) is 5.69 Å². The lowest BCUT2D eigenvalue weighted by atomic mass is 9.86. The zero-order chi connectivity index (χ0) is 23.7. The van der Waals surface area contributed by atoms with Gasteiger partial charge in [0.2, 0.25) is 0 Å². The molecule has 1 fully saturated rings. The van der Waals surface area contributed by atoms with Crippen molar-refractivity contribution in [3.63, 3.8) is 0 Å². The van der Waals surface area contributed by atoms with Crippen LogP contribution in [-0.2, 0) is 9.53 Å². The summed E-state index contributed by atoms with van der Waals surface area (Å²) in [7, 11) is 0. The summed E-state index contributed by atoms with van der Waals surface area (Å²) in [6.07, 6.45) is 1.80. The van der Waals surface area contributed by atoms with E-state index in [1.807, 2.05) is 24.5 Å². The molecule has 1 aliphatic heterocycles. The molecule has 5 rings (SSSR count). The number of rotatable bonds is 4. The van der Waals surface area contributed by atoms with E-state index in [-0.39, 0.29) is 30.7 Å². The Morgan fingerprint density at radius 2 is 2.09 bits per heavy atom. The first-order chi connectivity index (χ1) is 15.6. The number of nitrogens with one attached hydrogen (secondary N) is 1. The van der Waals surface area contributed by atoms with E-state index in [1.165, 1.54) is 6.07 Å². The van der Waals surface area contributed by atoms with Crippen LogP contribution < -0.4 is 0 Å². The normalized spacial score (nSPS) is 21.0. The summed E-state index contributed by atoms with van der Waals surface area (Å²) < 4.78 is 37.7. The van der Waals surface area contributed by atoms with Gasteiger partial charge in [0.1, 0.15) is 11.3 Å².